The van der Waals surface area contributed by atoms with E-state index in [4.69, 9.17) is 5.14 Å². The van der Waals surface area contributed by atoms with Gasteiger partial charge in [-0.05, 0) is 42.9 Å². The molecule has 0 bridgehead atoms. The van der Waals surface area contributed by atoms with Crippen LogP contribution in [0, 0.1) is 5.41 Å². The van der Waals surface area contributed by atoms with Crippen LogP contribution in [0.3, 0.4) is 0 Å². The fraction of sp³-hybridized carbons (Fsp3) is 0.571. The molecule has 0 heterocycles. The quantitative estimate of drug-likeness (QED) is 0.808. The van der Waals surface area contributed by atoms with Crippen molar-refractivity contribution < 1.29 is 8.42 Å². The van der Waals surface area contributed by atoms with E-state index in [0.29, 0.717) is 0 Å². The lowest BCUT2D eigenvalue weighted by Gasteiger charge is -2.31. The molecule has 0 radical (unpaired) electrons. The molecular weight excluding hydrogens is 260 g/mol. The van der Waals surface area contributed by atoms with Crippen molar-refractivity contribution in [3.05, 3.63) is 24.3 Å². The van der Waals surface area contributed by atoms with E-state index in [1.807, 2.05) is 6.07 Å². The van der Waals surface area contributed by atoms with Gasteiger partial charge in [0.2, 0.25) is 10.0 Å². The first-order chi connectivity index (χ1) is 8.87. The predicted molar refractivity (Wildman–Crippen MR) is 79.6 cm³/mol. The standard InChI is InChI=1S/C14H24N2O2S/c1-4-14(5-2,6-3)11-16-12-8-7-9-13(10-12)19(15,17)18/h7-10,16H,4-6,11H2,1-3H3,(H2,15,17,18). The molecule has 0 saturated carbocycles. The molecule has 5 heteroatoms. The molecule has 0 unspecified atom stereocenters. The lowest BCUT2D eigenvalue weighted by Crippen LogP contribution is -2.27. The molecule has 19 heavy (non-hydrogen) atoms. The zero-order chi connectivity index (χ0) is 14.5. The van der Waals surface area contributed by atoms with Crippen LogP contribution in [0.1, 0.15) is 40.0 Å². The number of anilines is 1. The van der Waals surface area contributed by atoms with Gasteiger partial charge < -0.3 is 5.32 Å². The predicted octanol–water partition coefficient (Wildman–Crippen LogP) is 2.96. The zero-order valence-electron chi connectivity index (χ0n) is 11.9. The molecular formula is C14H24N2O2S. The molecule has 4 nitrogen and oxygen atoms in total. The molecule has 108 valence electrons. The average Bonchev–Trinajstić information content (AvgIpc) is 2.40. The summed E-state index contributed by atoms with van der Waals surface area (Å²) in [5.41, 5.74) is 1.06. The third-order valence-electron chi connectivity index (χ3n) is 4.08. The van der Waals surface area contributed by atoms with E-state index in [9.17, 15) is 8.42 Å². The van der Waals surface area contributed by atoms with Gasteiger partial charge in [0.1, 0.15) is 0 Å². The Labute approximate surface area is 116 Å². The van der Waals surface area contributed by atoms with E-state index >= 15 is 0 Å². The molecule has 1 rings (SSSR count). The normalized spacial score (nSPS) is 12.4. The molecule has 0 saturated heterocycles. The minimum atomic E-state index is -3.64. The SMILES string of the molecule is CCC(CC)(CC)CNc1cccc(S(N)(=O)=O)c1. The van der Waals surface area contributed by atoms with Gasteiger partial charge in [-0.25, -0.2) is 13.6 Å². The first kappa shape index (κ1) is 16.0. The van der Waals surface area contributed by atoms with Crippen LogP contribution in [0.4, 0.5) is 5.69 Å². The maximum atomic E-state index is 11.3. The Kier molecular flexibility index (Phi) is 5.38. The highest BCUT2D eigenvalue weighted by molar-refractivity contribution is 7.89. The largest absolute Gasteiger partial charge is 0.384 e. The summed E-state index contributed by atoms with van der Waals surface area (Å²) < 4.78 is 22.6. The molecule has 0 atom stereocenters. The smallest absolute Gasteiger partial charge is 0.238 e. The van der Waals surface area contributed by atoms with Gasteiger partial charge in [0.05, 0.1) is 4.90 Å². The summed E-state index contributed by atoms with van der Waals surface area (Å²) in [5.74, 6) is 0. The molecule has 0 aliphatic carbocycles. The summed E-state index contributed by atoms with van der Waals surface area (Å²) >= 11 is 0. The van der Waals surface area contributed by atoms with Gasteiger partial charge in [0.15, 0.2) is 0 Å². The number of nitrogens with one attached hydrogen (secondary N) is 1. The van der Waals surface area contributed by atoms with E-state index in [0.717, 1.165) is 31.5 Å². The van der Waals surface area contributed by atoms with Gasteiger partial charge in [-0.3, -0.25) is 0 Å². The van der Waals surface area contributed by atoms with Crippen molar-refractivity contribution in [2.75, 3.05) is 11.9 Å². The Balaban J connectivity index is 2.84. The number of benzene rings is 1. The summed E-state index contributed by atoms with van der Waals surface area (Å²) in [4.78, 5) is 0.146. The Morgan fingerprint density at radius 2 is 1.74 bits per heavy atom. The second-order valence-electron chi connectivity index (χ2n) is 4.99. The number of hydrogen-bond acceptors (Lipinski definition) is 3. The van der Waals surface area contributed by atoms with Crippen LogP contribution in [-0.4, -0.2) is 15.0 Å². The van der Waals surface area contributed by atoms with Crippen LogP contribution in [0.25, 0.3) is 0 Å². The fourth-order valence-electron chi connectivity index (χ4n) is 2.20. The Morgan fingerprint density at radius 1 is 1.16 bits per heavy atom. The van der Waals surface area contributed by atoms with E-state index in [1.54, 1.807) is 12.1 Å². The molecule has 1 aromatic rings. The van der Waals surface area contributed by atoms with Crippen LogP contribution >= 0.6 is 0 Å². The van der Waals surface area contributed by atoms with Crippen LogP contribution in [0.15, 0.2) is 29.2 Å². The van der Waals surface area contributed by atoms with Crippen molar-refractivity contribution in [3.63, 3.8) is 0 Å². The number of hydrogen-bond donors (Lipinski definition) is 2. The third-order valence-corrected chi connectivity index (χ3v) is 4.99. The van der Waals surface area contributed by atoms with Crippen molar-refractivity contribution in [1.82, 2.24) is 0 Å². The minimum Gasteiger partial charge on any atom is -0.384 e. The summed E-state index contributed by atoms with van der Waals surface area (Å²) in [6, 6.07) is 6.66. The van der Waals surface area contributed by atoms with Crippen molar-refractivity contribution >= 4 is 15.7 Å². The number of primary sulfonamides is 1. The molecule has 0 amide bonds. The third kappa shape index (κ3) is 4.21. The van der Waals surface area contributed by atoms with Crippen LogP contribution in [0.5, 0.6) is 0 Å². The lowest BCUT2D eigenvalue weighted by atomic mass is 9.80. The number of rotatable bonds is 7. The second kappa shape index (κ2) is 6.39. The maximum Gasteiger partial charge on any atom is 0.238 e. The van der Waals surface area contributed by atoms with Crippen LogP contribution in [-0.2, 0) is 10.0 Å². The van der Waals surface area contributed by atoms with Gasteiger partial charge >= 0.3 is 0 Å². The van der Waals surface area contributed by atoms with Gasteiger partial charge in [0, 0.05) is 12.2 Å². The molecule has 3 N–H and O–H groups in total. The van der Waals surface area contributed by atoms with E-state index in [-0.39, 0.29) is 10.3 Å². The fourth-order valence-corrected chi connectivity index (χ4v) is 2.76. The van der Waals surface area contributed by atoms with Crippen molar-refractivity contribution in [3.8, 4) is 0 Å². The van der Waals surface area contributed by atoms with Crippen molar-refractivity contribution in [1.29, 1.82) is 0 Å². The Hall–Kier alpha value is -1.07. The minimum absolute atomic E-state index is 0.146. The van der Waals surface area contributed by atoms with E-state index in [1.165, 1.54) is 6.07 Å². The average molecular weight is 284 g/mol. The summed E-state index contributed by atoms with van der Waals surface area (Å²) in [6.45, 7) is 7.41. The van der Waals surface area contributed by atoms with E-state index < -0.39 is 10.0 Å². The Morgan fingerprint density at radius 3 is 2.21 bits per heavy atom. The van der Waals surface area contributed by atoms with E-state index in [2.05, 4.69) is 26.1 Å². The molecule has 0 fully saturated rings. The Bertz CT molecular complexity index is 500. The van der Waals surface area contributed by atoms with Gasteiger partial charge in [-0.15, -0.1) is 0 Å². The van der Waals surface area contributed by atoms with Gasteiger partial charge in [0.25, 0.3) is 0 Å². The monoisotopic (exact) mass is 284 g/mol. The molecule has 1 aromatic carbocycles. The number of sulfonamides is 1. The van der Waals surface area contributed by atoms with Crippen molar-refractivity contribution in [2.45, 2.75) is 44.9 Å². The summed E-state index contributed by atoms with van der Waals surface area (Å²) in [7, 11) is -3.64. The van der Waals surface area contributed by atoms with Crippen LogP contribution < -0.4 is 10.5 Å². The molecule has 0 aliphatic heterocycles. The molecule has 0 aliphatic rings. The summed E-state index contributed by atoms with van der Waals surface area (Å²) in [5, 5.41) is 8.46. The molecule has 0 aromatic heterocycles. The van der Waals surface area contributed by atoms with Gasteiger partial charge in [-0.2, -0.15) is 0 Å². The van der Waals surface area contributed by atoms with Crippen molar-refractivity contribution in [2.24, 2.45) is 10.6 Å². The maximum absolute atomic E-state index is 11.3. The van der Waals surface area contributed by atoms with Gasteiger partial charge in [-0.1, -0.05) is 26.8 Å². The zero-order valence-corrected chi connectivity index (χ0v) is 12.8. The lowest BCUT2D eigenvalue weighted by molar-refractivity contribution is 0.271. The molecule has 0 spiro atoms. The highest BCUT2D eigenvalue weighted by atomic mass is 32.2. The first-order valence-corrected chi connectivity index (χ1v) is 8.28. The second-order valence-corrected chi connectivity index (χ2v) is 6.55. The summed E-state index contributed by atoms with van der Waals surface area (Å²) in [6.07, 6.45) is 3.30. The highest BCUT2D eigenvalue weighted by Crippen LogP contribution is 2.30. The highest BCUT2D eigenvalue weighted by Gasteiger charge is 2.23. The topological polar surface area (TPSA) is 72.2 Å². The first-order valence-electron chi connectivity index (χ1n) is 6.73. The number of nitrogens with two attached hydrogens (primary N) is 1. The van der Waals surface area contributed by atoms with Crippen LogP contribution in [0.2, 0.25) is 0 Å².